The third-order valence-electron chi connectivity index (χ3n) is 5.14. The third kappa shape index (κ3) is 5.74. The number of nitrogens with one attached hydrogen (secondary N) is 2. The van der Waals surface area contributed by atoms with Crippen LogP contribution in [0.25, 0.3) is 11.1 Å². The average Bonchev–Trinajstić information content (AvgIpc) is 2.81. The molecule has 0 saturated heterocycles. The number of nitrogens with zero attached hydrogens (tertiary/aromatic N) is 1. The summed E-state index contributed by atoms with van der Waals surface area (Å²) in [4.78, 5) is 12.4. The molecular formula is C25H23F2N3O. The number of nitriles is 1. The molecule has 0 fully saturated rings. The Labute approximate surface area is 180 Å². The van der Waals surface area contributed by atoms with Crippen LogP contribution in [-0.2, 0) is 0 Å². The van der Waals surface area contributed by atoms with Crippen molar-refractivity contribution in [3.63, 3.8) is 0 Å². The summed E-state index contributed by atoms with van der Waals surface area (Å²) >= 11 is 0. The fourth-order valence-corrected chi connectivity index (χ4v) is 3.38. The lowest BCUT2D eigenvalue weighted by Crippen LogP contribution is -2.29. The highest BCUT2D eigenvalue weighted by Gasteiger charge is 2.15. The standard InChI is InChI=1S/C25H23F2N3O/c1-29-12-11-22(16-30-25(31)21-9-10-23(26)24(27)14-21)19-7-5-18(6-8-19)20-4-2-3-17(13-20)15-28/h2-10,13-14,22,29H,11-12,16H2,1H3,(H,30,31)/t22-/m0/s1. The van der Waals surface area contributed by atoms with Gasteiger partial charge in [0.25, 0.3) is 5.91 Å². The molecule has 0 radical (unpaired) electrons. The molecule has 1 amide bonds. The molecule has 6 heteroatoms. The number of hydrogen-bond acceptors (Lipinski definition) is 3. The molecule has 2 N–H and O–H groups in total. The zero-order valence-electron chi connectivity index (χ0n) is 17.2. The van der Waals surface area contributed by atoms with E-state index in [4.69, 9.17) is 5.26 Å². The van der Waals surface area contributed by atoms with Crippen molar-refractivity contribution in [3.8, 4) is 17.2 Å². The lowest BCUT2D eigenvalue weighted by Gasteiger charge is -2.19. The molecule has 0 aliphatic heterocycles. The molecular weight excluding hydrogens is 396 g/mol. The van der Waals surface area contributed by atoms with E-state index in [0.29, 0.717) is 12.1 Å². The molecule has 0 saturated carbocycles. The number of amides is 1. The maximum absolute atomic E-state index is 13.4. The van der Waals surface area contributed by atoms with Crippen LogP contribution in [0.15, 0.2) is 66.7 Å². The first kappa shape index (κ1) is 22.1. The van der Waals surface area contributed by atoms with Gasteiger partial charge in [0.1, 0.15) is 0 Å². The van der Waals surface area contributed by atoms with Gasteiger partial charge in [0.2, 0.25) is 0 Å². The van der Waals surface area contributed by atoms with Crippen molar-refractivity contribution in [1.29, 1.82) is 5.26 Å². The Balaban J connectivity index is 1.73. The van der Waals surface area contributed by atoms with E-state index >= 15 is 0 Å². The highest BCUT2D eigenvalue weighted by atomic mass is 19.2. The van der Waals surface area contributed by atoms with E-state index in [9.17, 15) is 13.6 Å². The predicted molar refractivity (Wildman–Crippen MR) is 117 cm³/mol. The fourth-order valence-electron chi connectivity index (χ4n) is 3.38. The van der Waals surface area contributed by atoms with Crippen molar-refractivity contribution in [3.05, 3.63) is 95.1 Å². The first-order valence-corrected chi connectivity index (χ1v) is 10.00. The number of benzene rings is 3. The topological polar surface area (TPSA) is 64.9 Å². The molecule has 0 heterocycles. The fraction of sp³-hybridized carbons (Fsp3) is 0.200. The zero-order valence-corrected chi connectivity index (χ0v) is 17.2. The Morgan fingerprint density at radius 1 is 1.00 bits per heavy atom. The first-order chi connectivity index (χ1) is 15.0. The Kier molecular flexibility index (Phi) is 7.47. The average molecular weight is 419 g/mol. The SMILES string of the molecule is CNCC[C@@H](CNC(=O)c1ccc(F)c(F)c1)c1ccc(-c2cccc(C#N)c2)cc1. The molecule has 3 aromatic carbocycles. The van der Waals surface area contributed by atoms with Crippen molar-refractivity contribution < 1.29 is 13.6 Å². The summed E-state index contributed by atoms with van der Waals surface area (Å²) in [5.74, 6) is -2.43. The van der Waals surface area contributed by atoms with Crippen LogP contribution in [0.1, 0.15) is 33.8 Å². The number of hydrogen-bond donors (Lipinski definition) is 2. The number of halogens is 2. The van der Waals surface area contributed by atoms with Gasteiger partial charge in [0.15, 0.2) is 11.6 Å². The minimum atomic E-state index is -1.05. The summed E-state index contributed by atoms with van der Waals surface area (Å²) in [6.07, 6.45) is 0.790. The van der Waals surface area contributed by atoms with E-state index in [0.717, 1.165) is 41.8 Å². The quantitative estimate of drug-likeness (QED) is 0.560. The van der Waals surface area contributed by atoms with Crippen molar-refractivity contribution in [2.24, 2.45) is 0 Å². The predicted octanol–water partition coefficient (Wildman–Crippen LogP) is 4.63. The van der Waals surface area contributed by atoms with E-state index in [-0.39, 0.29) is 11.5 Å². The van der Waals surface area contributed by atoms with Gasteiger partial charge in [-0.15, -0.1) is 0 Å². The summed E-state index contributed by atoms with van der Waals surface area (Å²) in [6, 6.07) is 20.7. The van der Waals surface area contributed by atoms with E-state index < -0.39 is 17.5 Å². The lowest BCUT2D eigenvalue weighted by atomic mass is 9.93. The second kappa shape index (κ2) is 10.5. The third-order valence-corrected chi connectivity index (χ3v) is 5.14. The van der Waals surface area contributed by atoms with Gasteiger partial charge in [-0.3, -0.25) is 4.79 Å². The van der Waals surface area contributed by atoms with Crippen LogP contribution < -0.4 is 10.6 Å². The monoisotopic (exact) mass is 419 g/mol. The number of carbonyl (C=O) groups excluding carboxylic acids is 1. The van der Waals surface area contributed by atoms with Crippen LogP contribution in [0.5, 0.6) is 0 Å². The Bertz CT molecular complexity index is 1090. The zero-order chi connectivity index (χ0) is 22.2. The Morgan fingerprint density at radius 2 is 1.77 bits per heavy atom. The van der Waals surface area contributed by atoms with Gasteiger partial charge in [-0.25, -0.2) is 8.78 Å². The molecule has 1 atom stereocenters. The maximum atomic E-state index is 13.4. The van der Waals surface area contributed by atoms with Crippen LogP contribution in [0.4, 0.5) is 8.78 Å². The van der Waals surface area contributed by atoms with Gasteiger partial charge >= 0.3 is 0 Å². The lowest BCUT2D eigenvalue weighted by molar-refractivity contribution is 0.0950. The molecule has 3 aromatic rings. The normalized spacial score (nSPS) is 11.5. The van der Waals surface area contributed by atoms with E-state index in [1.807, 2.05) is 49.5 Å². The van der Waals surface area contributed by atoms with E-state index in [2.05, 4.69) is 16.7 Å². The molecule has 0 aliphatic rings. The number of carbonyl (C=O) groups is 1. The molecule has 0 unspecified atom stereocenters. The van der Waals surface area contributed by atoms with E-state index in [1.165, 1.54) is 6.07 Å². The van der Waals surface area contributed by atoms with Crippen LogP contribution >= 0.6 is 0 Å². The van der Waals surface area contributed by atoms with E-state index in [1.54, 1.807) is 6.07 Å². The molecule has 0 spiro atoms. The summed E-state index contributed by atoms with van der Waals surface area (Å²) < 4.78 is 26.5. The van der Waals surface area contributed by atoms with Gasteiger partial charge < -0.3 is 10.6 Å². The molecule has 158 valence electrons. The molecule has 0 aromatic heterocycles. The second-order valence-electron chi connectivity index (χ2n) is 7.24. The molecule has 3 rings (SSSR count). The number of rotatable bonds is 8. The maximum Gasteiger partial charge on any atom is 0.251 e. The Morgan fingerprint density at radius 3 is 2.45 bits per heavy atom. The molecule has 31 heavy (non-hydrogen) atoms. The highest BCUT2D eigenvalue weighted by Crippen LogP contribution is 2.25. The summed E-state index contributed by atoms with van der Waals surface area (Å²) in [7, 11) is 1.86. The van der Waals surface area contributed by atoms with Crippen LogP contribution in [0.3, 0.4) is 0 Å². The van der Waals surface area contributed by atoms with Gasteiger partial charge in [-0.1, -0.05) is 36.4 Å². The van der Waals surface area contributed by atoms with Crippen LogP contribution in [-0.4, -0.2) is 26.0 Å². The van der Waals surface area contributed by atoms with Gasteiger partial charge in [0.05, 0.1) is 11.6 Å². The minimum absolute atomic E-state index is 0.0428. The first-order valence-electron chi connectivity index (χ1n) is 10.00. The summed E-state index contributed by atoms with van der Waals surface area (Å²) in [6.45, 7) is 1.13. The smallest absolute Gasteiger partial charge is 0.251 e. The van der Waals surface area contributed by atoms with Crippen molar-refractivity contribution >= 4 is 5.91 Å². The van der Waals surface area contributed by atoms with Gasteiger partial charge in [-0.2, -0.15) is 5.26 Å². The van der Waals surface area contributed by atoms with Gasteiger partial charge in [0, 0.05) is 18.0 Å². The molecule has 0 aliphatic carbocycles. The summed E-state index contributed by atoms with van der Waals surface area (Å²) in [5.41, 5.74) is 3.71. The van der Waals surface area contributed by atoms with Crippen LogP contribution in [0, 0.1) is 23.0 Å². The summed E-state index contributed by atoms with van der Waals surface area (Å²) in [5, 5.41) is 15.0. The highest BCUT2D eigenvalue weighted by molar-refractivity contribution is 5.94. The largest absolute Gasteiger partial charge is 0.351 e. The van der Waals surface area contributed by atoms with Crippen LogP contribution in [0.2, 0.25) is 0 Å². The van der Waals surface area contributed by atoms with Crippen molar-refractivity contribution in [2.45, 2.75) is 12.3 Å². The Hall–Kier alpha value is -3.56. The van der Waals surface area contributed by atoms with Gasteiger partial charge in [-0.05, 0) is 67.0 Å². The van der Waals surface area contributed by atoms with Crippen molar-refractivity contribution in [2.75, 3.05) is 20.1 Å². The molecule has 0 bridgehead atoms. The van der Waals surface area contributed by atoms with Crippen molar-refractivity contribution in [1.82, 2.24) is 10.6 Å². The minimum Gasteiger partial charge on any atom is -0.351 e. The molecule has 4 nitrogen and oxygen atoms in total. The second-order valence-corrected chi connectivity index (χ2v) is 7.24.